The summed E-state index contributed by atoms with van der Waals surface area (Å²) in [5.74, 6) is -0.715. The Morgan fingerprint density at radius 2 is 1.85 bits per heavy atom. The van der Waals surface area contributed by atoms with E-state index in [2.05, 4.69) is 10.6 Å². The van der Waals surface area contributed by atoms with Crippen molar-refractivity contribution in [3.05, 3.63) is 64.1 Å². The minimum absolute atomic E-state index is 0.135. The normalized spacial score (nSPS) is 12.7. The fraction of sp³-hybridized carbons (Fsp3) is 0.333. The van der Waals surface area contributed by atoms with Crippen molar-refractivity contribution in [2.45, 2.75) is 26.1 Å². The fourth-order valence-corrected chi connectivity index (χ4v) is 2.32. The fourth-order valence-electron chi connectivity index (χ4n) is 2.32. The van der Waals surface area contributed by atoms with Gasteiger partial charge in [-0.05, 0) is 24.1 Å². The van der Waals surface area contributed by atoms with Crippen molar-refractivity contribution >= 4 is 11.6 Å². The van der Waals surface area contributed by atoms with E-state index in [9.17, 15) is 22.8 Å². The lowest BCUT2D eigenvalue weighted by Gasteiger charge is -2.24. The number of carbonyl (C=O) groups excluding carboxylic acids is 1. The standard InChI is InChI=1S/C18H20F3N3O2/c1-11(2)15(24-13-6-4-3-5-7-13)10-23-17(26)14-8-12(18(19,20)21)9-22-16(14)25/h3-9,11,15,24H,10H2,1-2H3,(H,22,25)(H,23,26). The van der Waals surface area contributed by atoms with Crippen LogP contribution < -0.4 is 16.2 Å². The number of carbonyl (C=O) groups is 1. The summed E-state index contributed by atoms with van der Waals surface area (Å²) in [5, 5.41) is 5.79. The SMILES string of the molecule is CC(C)C(CNC(=O)c1cc(C(F)(F)F)c[nH]c1=O)Nc1ccccc1. The second-order valence-electron chi connectivity index (χ2n) is 6.20. The minimum atomic E-state index is -4.64. The number of H-pyrrole nitrogens is 1. The van der Waals surface area contributed by atoms with Crippen LogP contribution in [0.25, 0.3) is 0 Å². The molecule has 0 saturated heterocycles. The number of aromatic amines is 1. The third kappa shape index (κ3) is 5.11. The number of nitrogens with one attached hydrogen (secondary N) is 3. The van der Waals surface area contributed by atoms with Gasteiger partial charge in [0.05, 0.1) is 5.56 Å². The summed E-state index contributed by atoms with van der Waals surface area (Å²) in [6.07, 6.45) is -4.10. The van der Waals surface area contributed by atoms with E-state index in [0.717, 1.165) is 5.69 Å². The van der Waals surface area contributed by atoms with Crippen molar-refractivity contribution < 1.29 is 18.0 Å². The van der Waals surface area contributed by atoms with E-state index >= 15 is 0 Å². The van der Waals surface area contributed by atoms with Crippen LogP contribution in [0.4, 0.5) is 18.9 Å². The van der Waals surface area contributed by atoms with Gasteiger partial charge in [0.2, 0.25) is 0 Å². The zero-order valence-electron chi connectivity index (χ0n) is 14.4. The summed E-state index contributed by atoms with van der Waals surface area (Å²) in [6.45, 7) is 4.05. The summed E-state index contributed by atoms with van der Waals surface area (Å²) in [6, 6.07) is 9.73. The van der Waals surface area contributed by atoms with E-state index in [1.54, 1.807) is 0 Å². The van der Waals surface area contributed by atoms with Crippen molar-refractivity contribution in [2.24, 2.45) is 5.92 Å². The zero-order valence-corrected chi connectivity index (χ0v) is 14.4. The second kappa shape index (κ2) is 8.07. The minimum Gasteiger partial charge on any atom is -0.380 e. The highest BCUT2D eigenvalue weighted by Crippen LogP contribution is 2.28. The Labute approximate surface area is 148 Å². The van der Waals surface area contributed by atoms with E-state index in [1.807, 2.05) is 49.2 Å². The molecular formula is C18H20F3N3O2. The van der Waals surface area contributed by atoms with Crippen LogP contribution in [0, 0.1) is 5.92 Å². The molecule has 1 heterocycles. The van der Waals surface area contributed by atoms with Crippen LogP contribution in [0.15, 0.2) is 47.4 Å². The number of hydrogen-bond acceptors (Lipinski definition) is 3. The van der Waals surface area contributed by atoms with Gasteiger partial charge in [-0.15, -0.1) is 0 Å². The number of pyridine rings is 1. The van der Waals surface area contributed by atoms with Gasteiger partial charge in [-0.2, -0.15) is 13.2 Å². The lowest BCUT2D eigenvalue weighted by Crippen LogP contribution is -2.41. The van der Waals surface area contributed by atoms with Crippen molar-refractivity contribution in [1.29, 1.82) is 0 Å². The van der Waals surface area contributed by atoms with Crippen LogP contribution in [0.1, 0.15) is 29.8 Å². The number of para-hydroxylation sites is 1. The Hall–Kier alpha value is -2.77. The van der Waals surface area contributed by atoms with E-state index in [0.29, 0.717) is 12.3 Å². The Morgan fingerprint density at radius 1 is 1.19 bits per heavy atom. The van der Waals surface area contributed by atoms with E-state index in [-0.39, 0.29) is 18.5 Å². The maximum Gasteiger partial charge on any atom is 0.417 e. The first-order valence-electron chi connectivity index (χ1n) is 8.08. The van der Waals surface area contributed by atoms with Gasteiger partial charge in [-0.25, -0.2) is 0 Å². The monoisotopic (exact) mass is 367 g/mol. The number of rotatable bonds is 6. The summed E-state index contributed by atoms with van der Waals surface area (Å²) in [4.78, 5) is 25.9. The lowest BCUT2D eigenvalue weighted by molar-refractivity contribution is -0.137. The molecule has 140 valence electrons. The van der Waals surface area contributed by atoms with Gasteiger partial charge >= 0.3 is 6.18 Å². The predicted molar refractivity (Wildman–Crippen MR) is 93.1 cm³/mol. The molecule has 5 nitrogen and oxygen atoms in total. The van der Waals surface area contributed by atoms with Crippen molar-refractivity contribution in [3.8, 4) is 0 Å². The molecule has 0 aliphatic carbocycles. The zero-order chi connectivity index (χ0) is 19.3. The van der Waals surface area contributed by atoms with Gasteiger partial charge in [-0.1, -0.05) is 32.0 Å². The third-order valence-corrected chi connectivity index (χ3v) is 3.89. The third-order valence-electron chi connectivity index (χ3n) is 3.89. The molecule has 2 aromatic rings. The van der Waals surface area contributed by atoms with Gasteiger partial charge in [0.1, 0.15) is 5.56 Å². The lowest BCUT2D eigenvalue weighted by atomic mass is 10.0. The number of aromatic nitrogens is 1. The molecule has 1 amide bonds. The maximum atomic E-state index is 12.8. The Balaban J connectivity index is 2.10. The first-order chi connectivity index (χ1) is 12.2. The summed E-state index contributed by atoms with van der Waals surface area (Å²) in [5.41, 5.74) is -1.66. The number of hydrogen-bond donors (Lipinski definition) is 3. The number of benzene rings is 1. The molecule has 0 aliphatic rings. The molecular weight excluding hydrogens is 347 g/mol. The highest BCUT2D eigenvalue weighted by Gasteiger charge is 2.32. The highest BCUT2D eigenvalue weighted by atomic mass is 19.4. The summed E-state index contributed by atoms with van der Waals surface area (Å²) < 4.78 is 38.3. The molecule has 0 aliphatic heterocycles. The van der Waals surface area contributed by atoms with Gasteiger partial charge < -0.3 is 15.6 Å². The van der Waals surface area contributed by atoms with Crippen molar-refractivity contribution in [1.82, 2.24) is 10.3 Å². The summed E-state index contributed by atoms with van der Waals surface area (Å²) in [7, 11) is 0. The molecule has 0 fully saturated rings. The first kappa shape index (κ1) is 19.6. The molecule has 0 saturated carbocycles. The van der Waals surface area contributed by atoms with Gasteiger partial charge in [0, 0.05) is 24.5 Å². The maximum absolute atomic E-state index is 12.8. The number of amides is 1. The van der Waals surface area contributed by atoms with Crippen LogP contribution in [0.3, 0.4) is 0 Å². The number of alkyl halides is 3. The van der Waals surface area contributed by atoms with E-state index in [1.165, 1.54) is 0 Å². The van der Waals surface area contributed by atoms with Gasteiger partial charge in [0.25, 0.3) is 11.5 Å². The molecule has 8 heteroatoms. The largest absolute Gasteiger partial charge is 0.417 e. The predicted octanol–water partition coefficient (Wildman–Crippen LogP) is 3.26. The van der Waals surface area contributed by atoms with Crippen LogP contribution in [-0.4, -0.2) is 23.5 Å². The molecule has 1 unspecified atom stereocenters. The van der Waals surface area contributed by atoms with Crippen LogP contribution in [-0.2, 0) is 6.18 Å². The molecule has 26 heavy (non-hydrogen) atoms. The molecule has 0 bridgehead atoms. The molecule has 2 rings (SSSR count). The highest BCUT2D eigenvalue weighted by molar-refractivity contribution is 5.94. The average molecular weight is 367 g/mol. The number of anilines is 1. The quantitative estimate of drug-likeness (QED) is 0.734. The first-order valence-corrected chi connectivity index (χ1v) is 8.08. The molecule has 1 atom stereocenters. The van der Waals surface area contributed by atoms with E-state index in [4.69, 9.17) is 0 Å². The van der Waals surface area contributed by atoms with E-state index < -0.39 is 28.8 Å². The van der Waals surface area contributed by atoms with Crippen LogP contribution in [0.2, 0.25) is 0 Å². The second-order valence-corrected chi connectivity index (χ2v) is 6.20. The molecule has 0 radical (unpaired) electrons. The van der Waals surface area contributed by atoms with Crippen LogP contribution in [0.5, 0.6) is 0 Å². The molecule has 1 aromatic heterocycles. The smallest absolute Gasteiger partial charge is 0.380 e. The molecule has 3 N–H and O–H groups in total. The number of halogens is 3. The van der Waals surface area contributed by atoms with Crippen LogP contribution >= 0.6 is 0 Å². The Bertz CT molecular complexity index is 801. The molecule has 0 spiro atoms. The Morgan fingerprint density at radius 3 is 2.42 bits per heavy atom. The topological polar surface area (TPSA) is 74.0 Å². The van der Waals surface area contributed by atoms with Crippen molar-refractivity contribution in [2.75, 3.05) is 11.9 Å². The van der Waals surface area contributed by atoms with Gasteiger partial charge in [-0.3, -0.25) is 9.59 Å². The summed E-state index contributed by atoms with van der Waals surface area (Å²) >= 11 is 0. The Kier molecular flexibility index (Phi) is 6.07. The average Bonchev–Trinajstić information content (AvgIpc) is 2.58. The van der Waals surface area contributed by atoms with Gasteiger partial charge in [0.15, 0.2) is 0 Å². The molecule has 1 aromatic carbocycles. The van der Waals surface area contributed by atoms with Crippen molar-refractivity contribution in [3.63, 3.8) is 0 Å².